The van der Waals surface area contributed by atoms with Crippen LogP contribution in [0.15, 0.2) is 22.7 Å². The highest BCUT2D eigenvalue weighted by Gasteiger charge is 2.24. The first-order valence-electron chi connectivity index (χ1n) is 7.29. The van der Waals surface area contributed by atoms with E-state index < -0.39 is 11.0 Å². The van der Waals surface area contributed by atoms with Gasteiger partial charge in [-0.2, -0.15) is 4.40 Å². The highest BCUT2D eigenvalue weighted by atomic mass is 32.2. The van der Waals surface area contributed by atoms with Crippen LogP contribution in [0.2, 0.25) is 0 Å². The predicted molar refractivity (Wildman–Crippen MR) is 85.4 cm³/mol. The quantitative estimate of drug-likeness (QED) is 0.774. The molecule has 1 saturated carbocycles. The van der Waals surface area contributed by atoms with Crippen LogP contribution in [0.25, 0.3) is 0 Å². The molecular weight excluding hydrogens is 268 g/mol. The van der Waals surface area contributed by atoms with E-state index in [-0.39, 0.29) is 4.75 Å². The Bertz CT molecular complexity index is 528. The van der Waals surface area contributed by atoms with E-state index in [0.717, 1.165) is 35.7 Å². The molecule has 1 fully saturated rings. The van der Waals surface area contributed by atoms with Gasteiger partial charge in [0.1, 0.15) is 11.0 Å². The Hall–Kier alpha value is -1.03. The number of rotatable bonds is 5. The van der Waals surface area contributed by atoms with Gasteiger partial charge in [-0.15, -0.1) is 0 Å². The molecule has 0 radical (unpaired) electrons. The van der Waals surface area contributed by atoms with Gasteiger partial charge in [0.2, 0.25) is 0 Å². The van der Waals surface area contributed by atoms with Crippen molar-refractivity contribution in [1.29, 1.82) is 0 Å². The van der Waals surface area contributed by atoms with E-state index in [1.165, 1.54) is 12.8 Å². The lowest BCUT2D eigenvalue weighted by molar-refractivity contribution is 0.650. The van der Waals surface area contributed by atoms with Gasteiger partial charge < -0.3 is 0 Å². The number of nitrogens with zero attached hydrogens (tertiary/aromatic N) is 2. The molecule has 1 aromatic rings. The molecule has 3 nitrogen and oxygen atoms in total. The second-order valence-electron chi connectivity index (χ2n) is 6.57. The molecular formula is C16H24N2OS. The van der Waals surface area contributed by atoms with Crippen LogP contribution >= 0.6 is 0 Å². The topological polar surface area (TPSA) is 42.3 Å². The van der Waals surface area contributed by atoms with Gasteiger partial charge in [-0.25, -0.2) is 4.21 Å². The first-order chi connectivity index (χ1) is 9.36. The van der Waals surface area contributed by atoms with E-state index in [2.05, 4.69) is 9.38 Å². The Labute approximate surface area is 124 Å². The summed E-state index contributed by atoms with van der Waals surface area (Å²) < 4.78 is 16.5. The van der Waals surface area contributed by atoms with Crippen molar-refractivity contribution in [1.82, 2.24) is 4.98 Å². The van der Waals surface area contributed by atoms with E-state index in [1.54, 1.807) is 6.20 Å². The number of aryl methyl sites for hydroxylation is 1. The SMILES string of the molecule is Cc1cc(C(CCC2CC2)=N[S@](=O)C(C)(C)C)ccn1. The minimum atomic E-state index is -1.20. The minimum Gasteiger partial charge on any atom is -0.262 e. The summed E-state index contributed by atoms with van der Waals surface area (Å²) in [5.41, 5.74) is 3.01. The summed E-state index contributed by atoms with van der Waals surface area (Å²) in [5.74, 6) is 0.853. The molecule has 0 N–H and O–H groups in total. The lowest BCUT2D eigenvalue weighted by atomic mass is 10.0. The van der Waals surface area contributed by atoms with Crippen LogP contribution in [0.3, 0.4) is 0 Å². The first kappa shape index (κ1) is 15.4. The molecule has 0 saturated heterocycles. The summed E-state index contributed by atoms with van der Waals surface area (Å²) in [7, 11) is -1.20. The number of hydrogen-bond donors (Lipinski definition) is 0. The third-order valence-corrected chi connectivity index (χ3v) is 4.87. The van der Waals surface area contributed by atoms with Crippen molar-refractivity contribution in [3.05, 3.63) is 29.6 Å². The normalized spacial score (nSPS) is 18.1. The Morgan fingerprint density at radius 3 is 2.70 bits per heavy atom. The molecule has 0 bridgehead atoms. The second kappa shape index (κ2) is 6.17. The molecule has 1 aliphatic rings. The van der Waals surface area contributed by atoms with E-state index in [1.807, 2.05) is 39.8 Å². The average Bonchev–Trinajstić information content (AvgIpc) is 3.16. The zero-order valence-electron chi connectivity index (χ0n) is 12.8. The third-order valence-electron chi connectivity index (χ3n) is 3.43. The van der Waals surface area contributed by atoms with Crippen molar-refractivity contribution < 1.29 is 4.21 Å². The Morgan fingerprint density at radius 2 is 2.15 bits per heavy atom. The summed E-state index contributed by atoms with van der Waals surface area (Å²) in [6.07, 6.45) is 6.55. The van der Waals surface area contributed by atoms with Crippen LogP contribution < -0.4 is 0 Å². The second-order valence-corrected chi connectivity index (χ2v) is 8.47. The highest BCUT2D eigenvalue weighted by molar-refractivity contribution is 7.85. The third kappa shape index (κ3) is 4.51. The molecule has 110 valence electrons. The van der Waals surface area contributed by atoms with Crippen LogP contribution in [0.1, 0.15) is 57.7 Å². The molecule has 0 aromatic carbocycles. The largest absolute Gasteiger partial charge is 0.262 e. The standard InChI is InChI=1S/C16H24N2OS/c1-12-11-14(9-10-17-12)15(8-7-13-5-6-13)18-20(19)16(2,3)4/h9-11,13H,5-8H2,1-4H3/t20-/m1/s1. The Balaban J connectivity index is 2.23. The molecule has 20 heavy (non-hydrogen) atoms. The molecule has 4 heteroatoms. The zero-order valence-corrected chi connectivity index (χ0v) is 13.7. The molecule has 0 aliphatic heterocycles. The van der Waals surface area contributed by atoms with Crippen LogP contribution in [-0.2, 0) is 11.0 Å². The van der Waals surface area contributed by atoms with Gasteiger partial charge in [-0.1, -0.05) is 12.8 Å². The van der Waals surface area contributed by atoms with E-state index in [4.69, 9.17) is 0 Å². The fourth-order valence-corrected chi connectivity index (χ4v) is 2.62. The predicted octanol–water partition coefficient (Wildman–Crippen LogP) is 3.83. The maximum atomic E-state index is 12.3. The van der Waals surface area contributed by atoms with E-state index in [9.17, 15) is 4.21 Å². The molecule has 1 heterocycles. The number of hydrogen-bond acceptors (Lipinski definition) is 2. The van der Waals surface area contributed by atoms with Gasteiger partial charge >= 0.3 is 0 Å². The molecule has 0 amide bonds. The number of aromatic nitrogens is 1. The molecule has 1 aliphatic carbocycles. The van der Waals surface area contributed by atoms with E-state index >= 15 is 0 Å². The van der Waals surface area contributed by atoms with Crippen LogP contribution in [0.5, 0.6) is 0 Å². The summed E-state index contributed by atoms with van der Waals surface area (Å²) in [5, 5.41) is 0. The highest BCUT2D eigenvalue weighted by Crippen LogP contribution is 2.34. The smallest absolute Gasteiger partial charge is 0.145 e. The summed E-state index contributed by atoms with van der Waals surface area (Å²) in [6.45, 7) is 7.86. The average molecular weight is 292 g/mol. The molecule has 1 atom stereocenters. The van der Waals surface area contributed by atoms with Gasteiger partial charge in [-0.05, 0) is 58.6 Å². The fraction of sp³-hybridized carbons (Fsp3) is 0.625. The monoisotopic (exact) mass is 292 g/mol. The summed E-state index contributed by atoms with van der Waals surface area (Å²) in [6, 6.07) is 4.00. The lowest BCUT2D eigenvalue weighted by Crippen LogP contribution is -2.21. The van der Waals surface area contributed by atoms with Crippen molar-refractivity contribution in [3.63, 3.8) is 0 Å². The van der Waals surface area contributed by atoms with Crippen molar-refractivity contribution in [2.24, 2.45) is 10.3 Å². The summed E-state index contributed by atoms with van der Waals surface area (Å²) in [4.78, 5) is 4.23. The van der Waals surface area contributed by atoms with Crippen molar-refractivity contribution in [2.75, 3.05) is 0 Å². The van der Waals surface area contributed by atoms with Crippen molar-refractivity contribution in [3.8, 4) is 0 Å². The molecule has 0 unspecified atom stereocenters. The van der Waals surface area contributed by atoms with Gasteiger partial charge in [0.25, 0.3) is 0 Å². The van der Waals surface area contributed by atoms with Gasteiger partial charge in [0, 0.05) is 17.5 Å². The van der Waals surface area contributed by atoms with Crippen LogP contribution in [0.4, 0.5) is 0 Å². The van der Waals surface area contributed by atoms with Crippen LogP contribution in [0, 0.1) is 12.8 Å². The molecule has 0 spiro atoms. The van der Waals surface area contributed by atoms with Gasteiger partial charge in [-0.3, -0.25) is 4.98 Å². The minimum absolute atomic E-state index is 0.313. The van der Waals surface area contributed by atoms with Crippen LogP contribution in [-0.4, -0.2) is 19.7 Å². The maximum Gasteiger partial charge on any atom is 0.145 e. The summed E-state index contributed by atoms with van der Waals surface area (Å²) >= 11 is 0. The lowest BCUT2D eigenvalue weighted by Gasteiger charge is -2.15. The first-order valence-corrected chi connectivity index (χ1v) is 8.39. The Morgan fingerprint density at radius 1 is 1.45 bits per heavy atom. The number of pyridine rings is 1. The van der Waals surface area contributed by atoms with Gasteiger partial charge in [0.15, 0.2) is 0 Å². The zero-order chi connectivity index (χ0) is 14.8. The van der Waals surface area contributed by atoms with Crippen molar-refractivity contribution in [2.45, 2.75) is 58.1 Å². The molecule has 1 aromatic heterocycles. The maximum absolute atomic E-state index is 12.3. The van der Waals surface area contributed by atoms with Gasteiger partial charge in [0.05, 0.1) is 10.5 Å². The Kier molecular flexibility index (Phi) is 4.74. The van der Waals surface area contributed by atoms with Crippen molar-refractivity contribution >= 4 is 16.7 Å². The molecule has 2 rings (SSSR count). The van der Waals surface area contributed by atoms with E-state index in [0.29, 0.717) is 0 Å². The fourth-order valence-electron chi connectivity index (χ4n) is 1.95.